The van der Waals surface area contributed by atoms with Crippen LogP contribution in [0, 0.1) is 39.5 Å². The fourth-order valence-corrected chi connectivity index (χ4v) is 2.98. The summed E-state index contributed by atoms with van der Waals surface area (Å²) in [6, 6.07) is 31.2. The maximum absolute atomic E-state index is 5.89. The highest BCUT2D eigenvalue weighted by Crippen LogP contribution is 2.19. The summed E-state index contributed by atoms with van der Waals surface area (Å²) in [5, 5.41) is 0. The number of aryl methyl sites for hydroxylation is 4. The molecule has 0 aliphatic rings. The number of benzene rings is 4. The highest BCUT2D eigenvalue weighted by atomic mass is 14.0. The van der Waals surface area contributed by atoms with E-state index in [0.717, 1.165) is 22.2 Å². The number of hydrogen-bond donors (Lipinski definition) is 0. The molecule has 0 nitrogen and oxygen atoms in total. The predicted molar refractivity (Wildman–Crippen MR) is 135 cm³/mol. The van der Waals surface area contributed by atoms with Crippen LogP contribution in [0.2, 0.25) is 0 Å². The minimum atomic E-state index is 0.855. The van der Waals surface area contributed by atoms with Gasteiger partial charge in [0.25, 0.3) is 0 Å². The monoisotopic (exact) mass is 398 g/mol. The van der Waals surface area contributed by atoms with Crippen molar-refractivity contribution in [2.75, 3.05) is 0 Å². The Bertz CT molecular complexity index is 1140. The second-order valence-corrected chi connectivity index (χ2v) is 7.92. The van der Waals surface area contributed by atoms with Crippen LogP contribution >= 0.6 is 0 Å². The SMILES string of the molecule is Cc1ccc(C#Cc2ccc(C)cc2)cc1.[B]c1cc(-c2ccc(C)cc2)ccc1C. The molecule has 150 valence electrons. The zero-order chi connectivity index (χ0) is 22.2. The quantitative estimate of drug-likeness (QED) is 0.255. The van der Waals surface area contributed by atoms with Gasteiger partial charge in [-0.15, -0.1) is 0 Å². The van der Waals surface area contributed by atoms with Crippen LogP contribution in [0.4, 0.5) is 0 Å². The predicted octanol–water partition coefficient (Wildman–Crippen LogP) is 6.47. The molecule has 0 atom stereocenters. The van der Waals surface area contributed by atoms with Gasteiger partial charge in [0.2, 0.25) is 0 Å². The lowest BCUT2D eigenvalue weighted by molar-refractivity contribution is 1.45. The molecule has 0 heterocycles. The van der Waals surface area contributed by atoms with Gasteiger partial charge in [-0.3, -0.25) is 0 Å². The Hall–Kier alpha value is -3.50. The Morgan fingerprint density at radius 2 is 0.871 bits per heavy atom. The van der Waals surface area contributed by atoms with Gasteiger partial charge in [0.05, 0.1) is 0 Å². The second kappa shape index (κ2) is 10.5. The zero-order valence-corrected chi connectivity index (χ0v) is 18.7. The molecule has 2 radical (unpaired) electrons. The maximum atomic E-state index is 5.89. The van der Waals surface area contributed by atoms with Gasteiger partial charge in [-0.1, -0.05) is 106 Å². The van der Waals surface area contributed by atoms with Gasteiger partial charge in [0, 0.05) is 11.1 Å². The third kappa shape index (κ3) is 6.76. The Balaban J connectivity index is 0.000000176. The first-order chi connectivity index (χ1) is 14.9. The zero-order valence-electron chi connectivity index (χ0n) is 18.7. The average molecular weight is 398 g/mol. The van der Waals surface area contributed by atoms with Crippen molar-refractivity contribution in [3.05, 3.63) is 124 Å². The molecular weight excluding hydrogens is 371 g/mol. The third-order valence-corrected chi connectivity index (χ3v) is 5.12. The Kier molecular flexibility index (Phi) is 7.52. The van der Waals surface area contributed by atoms with E-state index < -0.39 is 0 Å². The molecular formula is C30H27B. The lowest BCUT2D eigenvalue weighted by Crippen LogP contribution is -2.06. The van der Waals surface area contributed by atoms with E-state index in [1.165, 1.54) is 27.8 Å². The van der Waals surface area contributed by atoms with Crippen LogP contribution in [0.15, 0.2) is 91.0 Å². The first kappa shape index (κ1) is 22.2. The molecule has 4 rings (SSSR count). The van der Waals surface area contributed by atoms with Crippen molar-refractivity contribution in [3.63, 3.8) is 0 Å². The molecule has 4 aromatic rings. The molecule has 0 saturated carbocycles. The van der Waals surface area contributed by atoms with E-state index in [4.69, 9.17) is 7.85 Å². The van der Waals surface area contributed by atoms with E-state index in [9.17, 15) is 0 Å². The smallest absolute Gasteiger partial charge is 0.0932 e. The lowest BCUT2D eigenvalue weighted by Gasteiger charge is -2.06. The minimum absolute atomic E-state index is 0.855. The van der Waals surface area contributed by atoms with Gasteiger partial charge >= 0.3 is 0 Å². The van der Waals surface area contributed by atoms with Crippen LogP contribution in [0.1, 0.15) is 33.4 Å². The molecule has 31 heavy (non-hydrogen) atoms. The van der Waals surface area contributed by atoms with E-state index in [2.05, 4.69) is 118 Å². The van der Waals surface area contributed by atoms with E-state index in [-0.39, 0.29) is 0 Å². The fourth-order valence-electron chi connectivity index (χ4n) is 2.98. The molecule has 0 unspecified atom stereocenters. The summed E-state index contributed by atoms with van der Waals surface area (Å²) < 4.78 is 0. The summed E-state index contributed by atoms with van der Waals surface area (Å²) in [6.07, 6.45) is 0. The van der Waals surface area contributed by atoms with Crippen molar-refractivity contribution in [1.29, 1.82) is 0 Å². The fraction of sp³-hybridized carbons (Fsp3) is 0.133. The summed E-state index contributed by atoms with van der Waals surface area (Å²) in [4.78, 5) is 0. The minimum Gasteiger partial charge on any atom is -0.0932 e. The average Bonchev–Trinajstić information content (AvgIpc) is 2.77. The summed E-state index contributed by atoms with van der Waals surface area (Å²) in [5.41, 5.74) is 10.3. The molecule has 0 fully saturated rings. The van der Waals surface area contributed by atoms with Gasteiger partial charge in [-0.05, 0) is 63.1 Å². The maximum Gasteiger partial charge on any atom is 0.114 e. The molecule has 1 heteroatoms. The van der Waals surface area contributed by atoms with Crippen LogP contribution in [-0.2, 0) is 0 Å². The first-order valence-corrected chi connectivity index (χ1v) is 10.5. The van der Waals surface area contributed by atoms with Crippen molar-refractivity contribution in [2.45, 2.75) is 27.7 Å². The van der Waals surface area contributed by atoms with E-state index in [1.807, 2.05) is 13.0 Å². The largest absolute Gasteiger partial charge is 0.114 e. The van der Waals surface area contributed by atoms with Gasteiger partial charge in [0.15, 0.2) is 0 Å². The molecule has 0 aliphatic carbocycles. The number of rotatable bonds is 1. The van der Waals surface area contributed by atoms with E-state index in [0.29, 0.717) is 0 Å². The highest BCUT2D eigenvalue weighted by molar-refractivity contribution is 6.33. The van der Waals surface area contributed by atoms with Crippen LogP contribution < -0.4 is 5.46 Å². The topological polar surface area (TPSA) is 0 Å². The molecule has 0 bridgehead atoms. The first-order valence-electron chi connectivity index (χ1n) is 10.5. The summed E-state index contributed by atoms with van der Waals surface area (Å²) in [6.45, 7) is 8.27. The van der Waals surface area contributed by atoms with Gasteiger partial charge in [-0.2, -0.15) is 0 Å². The highest BCUT2D eigenvalue weighted by Gasteiger charge is 1.98. The van der Waals surface area contributed by atoms with Crippen LogP contribution in [0.25, 0.3) is 11.1 Å². The normalized spacial score (nSPS) is 9.81. The molecule has 0 N–H and O–H groups in total. The van der Waals surface area contributed by atoms with E-state index >= 15 is 0 Å². The van der Waals surface area contributed by atoms with Crippen LogP contribution in [0.5, 0.6) is 0 Å². The molecule has 0 spiro atoms. The summed E-state index contributed by atoms with van der Waals surface area (Å²) in [5.74, 6) is 6.32. The number of hydrogen-bond acceptors (Lipinski definition) is 0. The molecule has 4 aromatic carbocycles. The van der Waals surface area contributed by atoms with Crippen molar-refractivity contribution < 1.29 is 0 Å². The lowest BCUT2D eigenvalue weighted by atomic mass is 9.88. The van der Waals surface area contributed by atoms with Crippen molar-refractivity contribution in [2.24, 2.45) is 0 Å². The van der Waals surface area contributed by atoms with Crippen molar-refractivity contribution in [3.8, 4) is 23.0 Å². The summed E-state index contributed by atoms with van der Waals surface area (Å²) in [7, 11) is 5.89. The van der Waals surface area contributed by atoms with Crippen molar-refractivity contribution >= 4 is 13.3 Å². The molecule has 0 amide bonds. The van der Waals surface area contributed by atoms with Crippen LogP contribution in [-0.4, -0.2) is 7.85 Å². The summed E-state index contributed by atoms with van der Waals surface area (Å²) >= 11 is 0. The molecule has 0 aromatic heterocycles. The van der Waals surface area contributed by atoms with E-state index in [1.54, 1.807) is 0 Å². The van der Waals surface area contributed by atoms with Gasteiger partial charge in [-0.25, -0.2) is 0 Å². The Morgan fingerprint density at radius 1 is 0.484 bits per heavy atom. The van der Waals surface area contributed by atoms with Gasteiger partial charge in [0.1, 0.15) is 7.85 Å². The van der Waals surface area contributed by atoms with Crippen molar-refractivity contribution in [1.82, 2.24) is 0 Å². The standard InChI is InChI=1S/C16H14.C14H13B/c1-13-3-7-15(8-4-13)11-12-16-9-5-14(2)6-10-16;1-10-3-6-12(7-4-10)13-8-5-11(2)14(15)9-13/h3-10H,1-2H3;3-9H,1-2H3. The van der Waals surface area contributed by atoms with Gasteiger partial charge < -0.3 is 0 Å². The third-order valence-electron chi connectivity index (χ3n) is 5.12. The van der Waals surface area contributed by atoms with Crippen LogP contribution in [0.3, 0.4) is 0 Å². The Labute approximate surface area is 188 Å². The second-order valence-electron chi connectivity index (χ2n) is 7.92. The molecule has 0 saturated heterocycles. The molecule has 0 aliphatic heterocycles. The Morgan fingerprint density at radius 3 is 1.29 bits per heavy atom.